The summed E-state index contributed by atoms with van der Waals surface area (Å²) in [4.78, 5) is 13.1. The van der Waals surface area contributed by atoms with Crippen LogP contribution in [0.1, 0.15) is 23.5 Å². The minimum atomic E-state index is -2.46. The number of alkyl halides is 2. The van der Waals surface area contributed by atoms with Gasteiger partial charge in [0.2, 0.25) is 5.91 Å². The first-order valence-electron chi connectivity index (χ1n) is 8.56. The zero-order chi connectivity index (χ0) is 19.1. The summed E-state index contributed by atoms with van der Waals surface area (Å²) in [5.74, 6) is -2.63. The summed E-state index contributed by atoms with van der Waals surface area (Å²) in [5, 5.41) is 2.86. The van der Waals surface area contributed by atoms with Crippen molar-refractivity contribution in [3.8, 4) is 0 Å². The van der Waals surface area contributed by atoms with Crippen LogP contribution in [0, 0.1) is 0 Å². The molecule has 0 bridgehead atoms. The van der Waals surface area contributed by atoms with E-state index in [-0.39, 0.29) is 11.8 Å². The molecule has 0 heterocycles. The predicted octanol–water partition coefficient (Wildman–Crippen LogP) is 6.16. The van der Waals surface area contributed by atoms with Crippen molar-refractivity contribution in [1.29, 1.82) is 0 Å². The Hall–Kier alpha value is -2.66. The molecule has 0 aliphatic rings. The van der Waals surface area contributed by atoms with Crippen LogP contribution in [0.5, 0.6) is 0 Å². The fraction of sp³-hybridized carbons (Fsp3) is 0.136. The number of hydrogen-bond donors (Lipinski definition) is 1. The summed E-state index contributed by atoms with van der Waals surface area (Å²) < 4.78 is 24.8. The van der Waals surface area contributed by atoms with Crippen molar-refractivity contribution in [2.45, 2.75) is 23.0 Å². The highest BCUT2D eigenvalue weighted by Gasteiger charge is 2.18. The summed E-state index contributed by atoms with van der Waals surface area (Å²) in [7, 11) is 0. The van der Waals surface area contributed by atoms with E-state index < -0.39 is 5.76 Å². The van der Waals surface area contributed by atoms with Gasteiger partial charge in [-0.25, -0.2) is 0 Å². The van der Waals surface area contributed by atoms with Crippen LogP contribution in [0.2, 0.25) is 0 Å². The normalized spacial score (nSPS) is 11.0. The number of rotatable bonds is 7. The van der Waals surface area contributed by atoms with Crippen molar-refractivity contribution in [1.82, 2.24) is 0 Å². The van der Waals surface area contributed by atoms with Crippen molar-refractivity contribution in [3.05, 3.63) is 96.1 Å². The molecule has 0 fully saturated rings. The summed E-state index contributed by atoms with van der Waals surface area (Å²) >= 11 is 0.485. The first-order chi connectivity index (χ1) is 13.1. The van der Waals surface area contributed by atoms with Crippen molar-refractivity contribution in [2.75, 3.05) is 5.32 Å². The topological polar surface area (TPSA) is 29.1 Å². The van der Waals surface area contributed by atoms with Gasteiger partial charge in [0.05, 0.1) is 0 Å². The molecule has 138 valence electrons. The molecule has 0 unspecified atom stereocenters. The van der Waals surface area contributed by atoms with E-state index in [1.54, 1.807) is 24.3 Å². The van der Waals surface area contributed by atoms with Gasteiger partial charge in [0.1, 0.15) is 0 Å². The number of carbonyl (C=O) groups excluding carboxylic acids is 1. The maximum atomic E-state index is 12.6. The zero-order valence-corrected chi connectivity index (χ0v) is 15.3. The number of thioether (sulfide) groups is 1. The maximum absolute atomic E-state index is 12.6. The minimum Gasteiger partial charge on any atom is -0.326 e. The molecular formula is C22H19F2NOS. The maximum Gasteiger partial charge on any atom is 0.288 e. The van der Waals surface area contributed by atoms with Crippen LogP contribution in [0.15, 0.2) is 89.8 Å². The van der Waals surface area contributed by atoms with Crippen LogP contribution in [-0.2, 0) is 4.79 Å². The largest absolute Gasteiger partial charge is 0.326 e. The molecule has 0 saturated heterocycles. The third-order valence-electron chi connectivity index (χ3n) is 4.16. The molecular weight excluding hydrogens is 364 g/mol. The molecule has 1 amide bonds. The lowest BCUT2D eigenvalue weighted by Crippen LogP contribution is -2.16. The Bertz CT molecular complexity index is 815. The Labute approximate surface area is 161 Å². The molecule has 27 heavy (non-hydrogen) atoms. The van der Waals surface area contributed by atoms with Gasteiger partial charge in [-0.3, -0.25) is 4.79 Å². The van der Waals surface area contributed by atoms with E-state index >= 15 is 0 Å². The molecule has 0 spiro atoms. The molecule has 0 saturated carbocycles. The summed E-state index contributed by atoms with van der Waals surface area (Å²) in [6, 6.07) is 26.2. The van der Waals surface area contributed by atoms with E-state index in [9.17, 15) is 13.6 Å². The van der Waals surface area contributed by atoms with E-state index in [0.29, 0.717) is 28.8 Å². The van der Waals surface area contributed by atoms with Gasteiger partial charge in [-0.2, -0.15) is 8.78 Å². The molecule has 3 aromatic carbocycles. The summed E-state index contributed by atoms with van der Waals surface area (Å²) in [6.07, 6.45) is 0.293. The third-order valence-corrected chi connectivity index (χ3v) is 4.88. The SMILES string of the molecule is O=C(CC(c1ccccc1)c1ccccc1)Nc1ccc(SC(F)F)cc1. The Morgan fingerprint density at radius 1 is 0.815 bits per heavy atom. The Balaban J connectivity index is 1.71. The van der Waals surface area contributed by atoms with Gasteiger partial charge in [0.25, 0.3) is 5.76 Å². The number of halogens is 2. The first-order valence-corrected chi connectivity index (χ1v) is 9.44. The second-order valence-corrected chi connectivity index (χ2v) is 7.09. The van der Waals surface area contributed by atoms with E-state index in [4.69, 9.17) is 0 Å². The van der Waals surface area contributed by atoms with E-state index in [2.05, 4.69) is 5.32 Å². The Kier molecular flexibility index (Phi) is 6.60. The lowest BCUT2D eigenvalue weighted by Gasteiger charge is -2.18. The van der Waals surface area contributed by atoms with Crippen LogP contribution >= 0.6 is 11.8 Å². The van der Waals surface area contributed by atoms with Gasteiger partial charge in [0, 0.05) is 22.9 Å². The predicted molar refractivity (Wildman–Crippen MR) is 106 cm³/mol. The Morgan fingerprint density at radius 3 is 1.81 bits per heavy atom. The number of anilines is 1. The summed E-state index contributed by atoms with van der Waals surface area (Å²) in [6.45, 7) is 0. The van der Waals surface area contributed by atoms with E-state index in [0.717, 1.165) is 11.1 Å². The van der Waals surface area contributed by atoms with E-state index in [1.165, 1.54) is 0 Å². The van der Waals surface area contributed by atoms with Crippen LogP contribution < -0.4 is 5.32 Å². The lowest BCUT2D eigenvalue weighted by atomic mass is 9.88. The van der Waals surface area contributed by atoms with Gasteiger partial charge in [-0.15, -0.1) is 0 Å². The monoisotopic (exact) mass is 383 g/mol. The van der Waals surface area contributed by atoms with E-state index in [1.807, 2.05) is 60.7 Å². The van der Waals surface area contributed by atoms with Crippen LogP contribution in [0.3, 0.4) is 0 Å². The minimum absolute atomic E-state index is 0.0546. The number of carbonyl (C=O) groups is 1. The second kappa shape index (κ2) is 9.33. The Morgan fingerprint density at radius 2 is 1.33 bits per heavy atom. The van der Waals surface area contributed by atoms with Crippen LogP contribution in [0.4, 0.5) is 14.5 Å². The van der Waals surface area contributed by atoms with Gasteiger partial charge < -0.3 is 5.32 Å². The molecule has 0 aliphatic carbocycles. The van der Waals surface area contributed by atoms with Gasteiger partial charge in [-0.05, 0) is 35.4 Å². The quantitative estimate of drug-likeness (QED) is 0.495. The highest BCUT2D eigenvalue weighted by atomic mass is 32.2. The first kappa shape index (κ1) is 19.1. The second-order valence-electron chi connectivity index (χ2n) is 6.03. The van der Waals surface area contributed by atoms with Crippen molar-refractivity contribution in [2.24, 2.45) is 0 Å². The molecule has 0 radical (unpaired) electrons. The smallest absolute Gasteiger partial charge is 0.288 e. The number of hydrogen-bond acceptors (Lipinski definition) is 2. The van der Waals surface area contributed by atoms with Crippen molar-refractivity contribution in [3.63, 3.8) is 0 Å². The molecule has 2 nitrogen and oxygen atoms in total. The van der Waals surface area contributed by atoms with Crippen LogP contribution in [-0.4, -0.2) is 11.7 Å². The molecule has 1 N–H and O–H groups in total. The fourth-order valence-corrected chi connectivity index (χ4v) is 3.41. The summed E-state index contributed by atoms with van der Waals surface area (Å²) in [5.41, 5.74) is 2.74. The molecule has 0 aliphatic heterocycles. The van der Waals surface area contributed by atoms with Crippen molar-refractivity contribution >= 4 is 23.4 Å². The third kappa shape index (κ3) is 5.66. The molecule has 0 atom stereocenters. The molecule has 3 aromatic rings. The van der Waals surface area contributed by atoms with Gasteiger partial charge >= 0.3 is 0 Å². The molecule has 3 rings (SSSR count). The molecule has 5 heteroatoms. The van der Waals surface area contributed by atoms with Gasteiger partial charge in [0.15, 0.2) is 0 Å². The highest BCUT2D eigenvalue weighted by Crippen LogP contribution is 2.29. The fourth-order valence-electron chi connectivity index (χ4n) is 2.92. The highest BCUT2D eigenvalue weighted by molar-refractivity contribution is 7.99. The van der Waals surface area contributed by atoms with Crippen molar-refractivity contribution < 1.29 is 13.6 Å². The average molecular weight is 383 g/mol. The number of benzene rings is 3. The standard InChI is InChI=1S/C22H19F2NOS/c23-22(24)27-19-13-11-18(12-14-19)25-21(26)15-20(16-7-3-1-4-8-16)17-9-5-2-6-10-17/h1-14,20,22H,15H2,(H,25,26). The van der Waals surface area contributed by atoms with Crippen LogP contribution in [0.25, 0.3) is 0 Å². The zero-order valence-electron chi connectivity index (χ0n) is 14.5. The number of amides is 1. The van der Waals surface area contributed by atoms with Gasteiger partial charge in [-0.1, -0.05) is 72.4 Å². The lowest BCUT2D eigenvalue weighted by molar-refractivity contribution is -0.116. The average Bonchev–Trinajstić information content (AvgIpc) is 2.69. The molecule has 0 aromatic heterocycles. The number of nitrogens with one attached hydrogen (secondary N) is 1.